The Morgan fingerprint density at radius 3 is 2.88 bits per heavy atom. The molecule has 26 heavy (non-hydrogen) atoms. The molecule has 3 aromatic rings. The number of carbonyl (C=O) groups is 1. The predicted molar refractivity (Wildman–Crippen MR) is 96.9 cm³/mol. The van der Waals surface area contributed by atoms with E-state index >= 15 is 0 Å². The standard InChI is InChI=1S/C18H21N7O/c1-13-5-3-4-6-16(13)25-12-14(20-22-25)11-19-15-7-10-24(18(15)26)17-8-9-23(2)21-17/h3-6,8-9,12,15,19H,7,10-11H2,1-2H3. The van der Waals surface area contributed by atoms with Crippen LogP contribution in [0, 0.1) is 6.92 Å². The van der Waals surface area contributed by atoms with Gasteiger partial charge in [-0.25, -0.2) is 4.68 Å². The highest BCUT2D eigenvalue weighted by molar-refractivity contribution is 5.98. The van der Waals surface area contributed by atoms with E-state index in [2.05, 4.69) is 20.7 Å². The van der Waals surface area contributed by atoms with Gasteiger partial charge in [-0.15, -0.1) is 5.10 Å². The van der Waals surface area contributed by atoms with Crippen LogP contribution >= 0.6 is 0 Å². The number of rotatable bonds is 5. The van der Waals surface area contributed by atoms with Crippen LogP contribution in [0.2, 0.25) is 0 Å². The van der Waals surface area contributed by atoms with E-state index in [9.17, 15) is 4.79 Å². The summed E-state index contributed by atoms with van der Waals surface area (Å²) in [5, 5.41) is 16.0. The molecule has 1 fully saturated rings. The zero-order valence-electron chi connectivity index (χ0n) is 14.8. The second kappa shape index (κ2) is 6.72. The SMILES string of the molecule is Cc1ccccc1-n1cc(CNC2CCN(c3ccn(C)n3)C2=O)nn1. The van der Waals surface area contributed by atoms with Crippen LogP contribution in [0.5, 0.6) is 0 Å². The Kier molecular flexibility index (Phi) is 4.26. The van der Waals surface area contributed by atoms with Crippen molar-refractivity contribution in [2.45, 2.75) is 25.9 Å². The highest BCUT2D eigenvalue weighted by atomic mass is 16.2. The topological polar surface area (TPSA) is 80.9 Å². The number of anilines is 1. The number of para-hydroxylation sites is 1. The molecule has 1 saturated heterocycles. The number of benzene rings is 1. The normalized spacial score (nSPS) is 17.2. The molecule has 1 unspecified atom stereocenters. The fourth-order valence-corrected chi connectivity index (χ4v) is 3.19. The first-order valence-corrected chi connectivity index (χ1v) is 8.63. The van der Waals surface area contributed by atoms with Crippen LogP contribution in [0.25, 0.3) is 5.69 Å². The number of aryl methyl sites for hydroxylation is 2. The largest absolute Gasteiger partial charge is 0.300 e. The summed E-state index contributed by atoms with van der Waals surface area (Å²) < 4.78 is 3.47. The summed E-state index contributed by atoms with van der Waals surface area (Å²) in [7, 11) is 1.84. The maximum absolute atomic E-state index is 12.6. The average molecular weight is 351 g/mol. The molecule has 1 aromatic carbocycles. The van der Waals surface area contributed by atoms with Crippen LogP contribution in [-0.2, 0) is 18.4 Å². The summed E-state index contributed by atoms with van der Waals surface area (Å²) in [5.74, 6) is 0.752. The van der Waals surface area contributed by atoms with Crippen LogP contribution in [-0.4, -0.2) is 43.3 Å². The van der Waals surface area contributed by atoms with Crippen molar-refractivity contribution in [3.8, 4) is 5.69 Å². The molecule has 0 spiro atoms. The minimum Gasteiger partial charge on any atom is -0.300 e. The number of amides is 1. The quantitative estimate of drug-likeness (QED) is 0.747. The van der Waals surface area contributed by atoms with E-state index in [1.54, 1.807) is 14.3 Å². The van der Waals surface area contributed by atoms with Gasteiger partial charge in [0.15, 0.2) is 5.82 Å². The zero-order valence-corrected chi connectivity index (χ0v) is 14.8. The molecular weight excluding hydrogens is 330 g/mol. The molecule has 1 aliphatic rings. The lowest BCUT2D eigenvalue weighted by Crippen LogP contribution is -2.38. The van der Waals surface area contributed by atoms with Gasteiger partial charge in [0.05, 0.1) is 23.6 Å². The molecule has 8 heteroatoms. The fraction of sp³-hybridized carbons (Fsp3) is 0.333. The molecule has 1 N–H and O–H groups in total. The average Bonchev–Trinajstić information content (AvgIpc) is 3.34. The third kappa shape index (κ3) is 3.11. The van der Waals surface area contributed by atoms with Crippen LogP contribution in [0.3, 0.4) is 0 Å². The van der Waals surface area contributed by atoms with Crippen molar-refractivity contribution in [2.24, 2.45) is 7.05 Å². The maximum Gasteiger partial charge on any atom is 0.245 e. The van der Waals surface area contributed by atoms with Crippen molar-refractivity contribution < 1.29 is 4.79 Å². The lowest BCUT2D eigenvalue weighted by atomic mass is 10.2. The molecule has 0 bridgehead atoms. The van der Waals surface area contributed by atoms with Gasteiger partial charge in [0.25, 0.3) is 0 Å². The van der Waals surface area contributed by atoms with Gasteiger partial charge in [-0.2, -0.15) is 5.10 Å². The Hall–Kier alpha value is -3.00. The fourth-order valence-electron chi connectivity index (χ4n) is 3.19. The third-order valence-corrected chi connectivity index (χ3v) is 4.61. The molecule has 134 valence electrons. The molecule has 1 atom stereocenters. The number of hydrogen-bond donors (Lipinski definition) is 1. The van der Waals surface area contributed by atoms with Crippen LogP contribution < -0.4 is 10.2 Å². The number of carbonyl (C=O) groups excluding carboxylic acids is 1. The monoisotopic (exact) mass is 351 g/mol. The third-order valence-electron chi connectivity index (χ3n) is 4.61. The first kappa shape index (κ1) is 16.5. The summed E-state index contributed by atoms with van der Waals surface area (Å²) in [6, 6.07) is 9.65. The van der Waals surface area contributed by atoms with E-state index in [1.165, 1.54) is 0 Å². The van der Waals surface area contributed by atoms with Gasteiger partial charge in [0, 0.05) is 32.4 Å². The van der Waals surface area contributed by atoms with E-state index in [1.807, 2.05) is 56.7 Å². The van der Waals surface area contributed by atoms with Crippen molar-refractivity contribution in [2.75, 3.05) is 11.4 Å². The highest BCUT2D eigenvalue weighted by Gasteiger charge is 2.33. The van der Waals surface area contributed by atoms with E-state index in [0.717, 1.165) is 23.4 Å². The molecule has 4 rings (SSSR count). The molecule has 1 amide bonds. The number of aromatic nitrogens is 5. The molecule has 1 aliphatic heterocycles. The zero-order chi connectivity index (χ0) is 18.1. The van der Waals surface area contributed by atoms with Crippen molar-refractivity contribution >= 4 is 11.7 Å². The Labute approximate surface area is 151 Å². The Morgan fingerprint density at radius 1 is 1.27 bits per heavy atom. The maximum atomic E-state index is 12.6. The number of nitrogens with one attached hydrogen (secondary N) is 1. The van der Waals surface area contributed by atoms with E-state index in [4.69, 9.17) is 0 Å². The van der Waals surface area contributed by atoms with Crippen LogP contribution in [0.1, 0.15) is 17.7 Å². The number of hydrogen-bond acceptors (Lipinski definition) is 5. The highest BCUT2D eigenvalue weighted by Crippen LogP contribution is 2.19. The van der Waals surface area contributed by atoms with Crippen molar-refractivity contribution in [3.05, 3.63) is 54.0 Å². The van der Waals surface area contributed by atoms with Crippen LogP contribution in [0.15, 0.2) is 42.7 Å². The Morgan fingerprint density at radius 2 is 2.12 bits per heavy atom. The summed E-state index contributed by atoms with van der Waals surface area (Å²) in [6.45, 7) is 3.21. The van der Waals surface area contributed by atoms with Gasteiger partial charge < -0.3 is 0 Å². The summed E-state index contributed by atoms with van der Waals surface area (Å²) in [4.78, 5) is 14.3. The van der Waals surface area contributed by atoms with Gasteiger partial charge in [0.1, 0.15) is 0 Å². The van der Waals surface area contributed by atoms with E-state index < -0.39 is 0 Å². The minimum atomic E-state index is -0.222. The molecule has 8 nitrogen and oxygen atoms in total. The van der Waals surface area contributed by atoms with Crippen molar-refractivity contribution in [3.63, 3.8) is 0 Å². The summed E-state index contributed by atoms with van der Waals surface area (Å²) >= 11 is 0. The van der Waals surface area contributed by atoms with E-state index in [0.29, 0.717) is 18.9 Å². The molecule has 0 radical (unpaired) electrons. The van der Waals surface area contributed by atoms with Crippen molar-refractivity contribution in [1.29, 1.82) is 0 Å². The minimum absolute atomic E-state index is 0.0509. The van der Waals surface area contributed by atoms with Gasteiger partial charge in [-0.05, 0) is 25.0 Å². The molecular formula is C18H21N7O. The van der Waals surface area contributed by atoms with Gasteiger partial charge >= 0.3 is 0 Å². The van der Waals surface area contributed by atoms with E-state index in [-0.39, 0.29) is 11.9 Å². The molecule has 2 aromatic heterocycles. The second-order valence-electron chi connectivity index (χ2n) is 6.50. The van der Waals surface area contributed by atoms with Gasteiger partial charge in [-0.1, -0.05) is 23.4 Å². The van der Waals surface area contributed by atoms with Gasteiger partial charge in [-0.3, -0.25) is 19.7 Å². The van der Waals surface area contributed by atoms with Gasteiger partial charge in [0.2, 0.25) is 5.91 Å². The Balaban J connectivity index is 1.39. The first-order chi connectivity index (χ1) is 12.6. The lowest BCUT2D eigenvalue weighted by Gasteiger charge is -2.14. The smallest absolute Gasteiger partial charge is 0.245 e. The summed E-state index contributed by atoms with van der Waals surface area (Å²) in [5.41, 5.74) is 2.94. The molecule has 3 heterocycles. The Bertz CT molecular complexity index is 929. The first-order valence-electron chi connectivity index (χ1n) is 8.63. The lowest BCUT2D eigenvalue weighted by molar-refractivity contribution is -0.118. The number of nitrogens with zero attached hydrogens (tertiary/aromatic N) is 6. The summed E-state index contributed by atoms with van der Waals surface area (Å²) in [6.07, 6.45) is 4.49. The second-order valence-corrected chi connectivity index (χ2v) is 6.50. The van der Waals surface area contributed by atoms with Crippen molar-refractivity contribution in [1.82, 2.24) is 30.1 Å². The molecule has 0 saturated carbocycles. The molecule has 0 aliphatic carbocycles. The predicted octanol–water partition coefficient (Wildman–Crippen LogP) is 1.20. The van der Waals surface area contributed by atoms with Crippen LogP contribution in [0.4, 0.5) is 5.82 Å².